The van der Waals surface area contributed by atoms with Crippen molar-refractivity contribution >= 4 is 23.5 Å². The molecular weight excluding hydrogens is 200 g/mol. The molecule has 0 atom stereocenters. The minimum Gasteiger partial charge on any atom is -0.475 e. The van der Waals surface area contributed by atoms with Crippen LogP contribution in [0.4, 0.5) is 0 Å². The number of benzene rings is 1. The van der Waals surface area contributed by atoms with Crippen LogP contribution in [0, 0.1) is 6.92 Å². The van der Waals surface area contributed by atoms with Crippen molar-refractivity contribution in [2.24, 2.45) is 0 Å². The van der Waals surface area contributed by atoms with Crippen LogP contribution in [0.5, 0.6) is 0 Å². The molecule has 0 bridgehead atoms. The molecule has 0 aliphatic heterocycles. The lowest BCUT2D eigenvalue weighted by Gasteiger charge is -1.99. The standard InChI is InChI=1S/C10H10O3S/c1-7-2-4-8(5-3-7)14-6-9(11)10(12)13/h2-5H,6H2,1H3,(H,12,13). The Bertz CT molecular complexity index is 343. The van der Waals surface area contributed by atoms with Gasteiger partial charge in [0.15, 0.2) is 0 Å². The second-order valence-corrected chi connectivity index (χ2v) is 3.88. The van der Waals surface area contributed by atoms with Gasteiger partial charge in [0.2, 0.25) is 5.78 Å². The Morgan fingerprint density at radius 1 is 1.29 bits per heavy atom. The molecule has 0 radical (unpaired) electrons. The molecule has 0 heterocycles. The summed E-state index contributed by atoms with van der Waals surface area (Å²) in [6.45, 7) is 1.97. The molecule has 1 N–H and O–H groups in total. The number of ketones is 1. The highest BCUT2D eigenvalue weighted by atomic mass is 32.2. The number of hydrogen-bond donors (Lipinski definition) is 1. The van der Waals surface area contributed by atoms with Gasteiger partial charge in [-0.1, -0.05) is 17.7 Å². The molecule has 0 aliphatic rings. The zero-order valence-electron chi connectivity index (χ0n) is 7.69. The molecule has 0 saturated carbocycles. The van der Waals surface area contributed by atoms with Crippen molar-refractivity contribution in [3.63, 3.8) is 0 Å². The highest BCUT2D eigenvalue weighted by Gasteiger charge is 2.10. The van der Waals surface area contributed by atoms with Gasteiger partial charge in [-0.05, 0) is 19.1 Å². The Balaban J connectivity index is 2.50. The predicted molar refractivity (Wildman–Crippen MR) is 54.5 cm³/mol. The molecule has 0 amide bonds. The fourth-order valence-corrected chi connectivity index (χ4v) is 1.59. The first-order valence-corrected chi connectivity index (χ1v) is 5.04. The van der Waals surface area contributed by atoms with Crippen molar-refractivity contribution in [3.8, 4) is 0 Å². The number of Topliss-reactive ketones (excluding diaryl/α,β-unsaturated/α-hetero) is 1. The smallest absolute Gasteiger partial charge is 0.373 e. The fourth-order valence-electron chi connectivity index (χ4n) is 0.845. The van der Waals surface area contributed by atoms with Crippen LogP contribution in [0.2, 0.25) is 0 Å². The number of carboxylic acids is 1. The minimum absolute atomic E-state index is 0.0155. The summed E-state index contributed by atoms with van der Waals surface area (Å²) in [7, 11) is 0. The summed E-state index contributed by atoms with van der Waals surface area (Å²) >= 11 is 1.24. The molecule has 4 heteroatoms. The van der Waals surface area contributed by atoms with Crippen LogP contribution in [0.25, 0.3) is 0 Å². The Kier molecular flexibility index (Phi) is 3.71. The average Bonchev–Trinajstić information content (AvgIpc) is 2.16. The van der Waals surface area contributed by atoms with E-state index < -0.39 is 11.8 Å². The Labute approximate surface area is 86.1 Å². The van der Waals surface area contributed by atoms with Crippen molar-refractivity contribution in [2.75, 3.05) is 5.75 Å². The lowest BCUT2D eigenvalue weighted by Crippen LogP contribution is -2.14. The highest BCUT2D eigenvalue weighted by molar-refractivity contribution is 8.00. The van der Waals surface area contributed by atoms with Gasteiger partial charge in [0.1, 0.15) is 0 Å². The van der Waals surface area contributed by atoms with Gasteiger partial charge in [0, 0.05) is 4.90 Å². The molecule has 1 aromatic carbocycles. The summed E-state index contributed by atoms with van der Waals surface area (Å²) in [4.78, 5) is 21.9. The lowest BCUT2D eigenvalue weighted by atomic mass is 10.2. The third-order valence-corrected chi connectivity index (χ3v) is 2.64. The van der Waals surface area contributed by atoms with Crippen LogP contribution < -0.4 is 0 Å². The van der Waals surface area contributed by atoms with Gasteiger partial charge in [-0.3, -0.25) is 4.79 Å². The summed E-state index contributed by atoms with van der Waals surface area (Å²) in [5.41, 5.74) is 1.14. The number of carboxylic acid groups (broad SMARTS) is 1. The van der Waals surface area contributed by atoms with E-state index in [4.69, 9.17) is 5.11 Å². The Morgan fingerprint density at radius 2 is 1.86 bits per heavy atom. The summed E-state index contributed by atoms with van der Waals surface area (Å²) in [5, 5.41) is 8.34. The van der Waals surface area contributed by atoms with E-state index in [0.717, 1.165) is 10.5 Å². The molecule has 74 valence electrons. The maximum Gasteiger partial charge on any atom is 0.373 e. The fraction of sp³-hybridized carbons (Fsp3) is 0.200. The molecule has 1 rings (SSSR count). The van der Waals surface area contributed by atoms with E-state index in [-0.39, 0.29) is 5.75 Å². The summed E-state index contributed by atoms with van der Waals surface area (Å²) in [6.07, 6.45) is 0. The third-order valence-electron chi connectivity index (χ3n) is 1.63. The molecule has 0 aromatic heterocycles. The first kappa shape index (κ1) is 10.8. The van der Waals surface area contributed by atoms with Crippen LogP contribution in [-0.2, 0) is 9.59 Å². The SMILES string of the molecule is Cc1ccc(SCC(=O)C(=O)O)cc1. The number of aryl methyl sites for hydroxylation is 1. The van der Waals surface area contributed by atoms with Crippen molar-refractivity contribution in [2.45, 2.75) is 11.8 Å². The predicted octanol–water partition coefficient (Wildman–Crippen LogP) is 1.74. The van der Waals surface area contributed by atoms with Crippen LogP contribution in [-0.4, -0.2) is 22.6 Å². The van der Waals surface area contributed by atoms with E-state index in [1.807, 2.05) is 31.2 Å². The quantitative estimate of drug-likeness (QED) is 0.607. The van der Waals surface area contributed by atoms with E-state index in [0.29, 0.717) is 0 Å². The van der Waals surface area contributed by atoms with Crippen molar-refractivity contribution in [1.82, 2.24) is 0 Å². The van der Waals surface area contributed by atoms with E-state index >= 15 is 0 Å². The van der Waals surface area contributed by atoms with E-state index in [1.165, 1.54) is 11.8 Å². The van der Waals surface area contributed by atoms with E-state index in [9.17, 15) is 9.59 Å². The van der Waals surface area contributed by atoms with Gasteiger partial charge in [-0.15, -0.1) is 11.8 Å². The van der Waals surface area contributed by atoms with E-state index in [2.05, 4.69) is 0 Å². The summed E-state index contributed by atoms with van der Waals surface area (Å²) in [5.74, 6) is -2.15. The Hall–Kier alpha value is -1.29. The summed E-state index contributed by atoms with van der Waals surface area (Å²) in [6, 6.07) is 7.59. The third kappa shape index (κ3) is 3.22. The first-order chi connectivity index (χ1) is 6.59. The summed E-state index contributed by atoms with van der Waals surface area (Å²) < 4.78 is 0. The molecule has 0 aliphatic carbocycles. The molecular formula is C10H10O3S. The van der Waals surface area contributed by atoms with Gasteiger partial charge in [0.05, 0.1) is 5.75 Å². The monoisotopic (exact) mass is 210 g/mol. The minimum atomic E-state index is -1.37. The number of thioether (sulfide) groups is 1. The average molecular weight is 210 g/mol. The number of carbonyl (C=O) groups excluding carboxylic acids is 1. The normalized spacial score (nSPS) is 9.79. The number of aliphatic carboxylic acids is 1. The van der Waals surface area contributed by atoms with Gasteiger partial charge in [-0.25, -0.2) is 4.79 Å². The molecule has 1 aromatic rings. The van der Waals surface area contributed by atoms with Crippen molar-refractivity contribution in [3.05, 3.63) is 29.8 Å². The second-order valence-electron chi connectivity index (χ2n) is 2.83. The lowest BCUT2D eigenvalue weighted by molar-refractivity contribution is -0.147. The number of carbonyl (C=O) groups is 2. The maximum atomic E-state index is 10.8. The molecule has 3 nitrogen and oxygen atoms in total. The molecule has 0 fully saturated rings. The first-order valence-electron chi connectivity index (χ1n) is 4.05. The van der Waals surface area contributed by atoms with Gasteiger partial charge < -0.3 is 5.11 Å². The van der Waals surface area contributed by atoms with Crippen molar-refractivity contribution < 1.29 is 14.7 Å². The van der Waals surface area contributed by atoms with Crippen LogP contribution >= 0.6 is 11.8 Å². The number of rotatable bonds is 4. The van der Waals surface area contributed by atoms with Gasteiger partial charge >= 0.3 is 5.97 Å². The van der Waals surface area contributed by atoms with Crippen molar-refractivity contribution in [1.29, 1.82) is 0 Å². The second kappa shape index (κ2) is 4.81. The molecule has 14 heavy (non-hydrogen) atoms. The molecule has 0 saturated heterocycles. The zero-order valence-corrected chi connectivity index (χ0v) is 8.50. The number of hydrogen-bond acceptors (Lipinski definition) is 3. The van der Waals surface area contributed by atoms with Crippen LogP contribution in [0.3, 0.4) is 0 Å². The van der Waals surface area contributed by atoms with E-state index in [1.54, 1.807) is 0 Å². The largest absolute Gasteiger partial charge is 0.475 e. The zero-order chi connectivity index (χ0) is 10.6. The topological polar surface area (TPSA) is 54.4 Å². The molecule has 0 unspecified atom stereocenters. The van der Waals surface area contributed by atoms with Gasteiger partial charge in [0.25, 0.3) is 0 Å². The highest BCUT2D eigenvalue weighted by Crippen LogP contribution is 2.17. The maximum absolute atomic E-state index is 10.8. The van der Waals surface area contributed by atoms with Gasteiger partial charge in [-0.2, -0.15) is 0 Å². The molecule has 0 spiro atoms. The van der Waals surface area contributed by atoms with Crippen LogP contribution in [0.15, 0.2) is 29.2 Å². The van der Waals surface area contributed by atoms with Crippen LogP contribution in [0.1, 0.15) is 5.56 Å². The Morgan fingerprint density at radius 3 is 2.36 bits per heavy atom.